The quantitative estimate of drug-likeness (QED) is 0.115. The summed E-state index contributed by atoms with van der Waals surface area (Å²) in [5.41, 5.74) is -3.76. The van der Waals surface area contributed by atoms with Gasteiger partial charge < -0.3 is 20.1 Å². The van der Waals surface area contributed by atoms with E-state index in [4.69, 9.17) is 4.74 Å². The van der Waals surface area contributed by atoms with Crippen LogP contribution in [0.3, 0.4) is 0 Å². The van der Waals surface area contributed by atoms with Crippen LogP contribution in [0.1, 0.15) is 47.9 Å². The van der Waals surface area contributed by atoms with E-state index < -0.39 is 59.2 Å². The molecule has 0 saturated carbocycles. The first-order valence-corrected chi connectivity index (χ1v) is 13.7. The maximum absolute atomic E-state index is 14.9. The molecule has 0 radical (unpaired) electrons. The Balaban J connectivity index is 2.12. The summed E-state index contributed by atoms with van der Waals surface area (Å²) in [4.78, 5) is 24.2. The Morgan fingerprint density at radius 1 is 0.800 bits per heavy atom. The number of benzene rings is 3. The Labute approximate surface area is 253 Å². The Morgan fingerprint density at radius 2 is 1.49 bits per heavy atom. The molecule has 0 aliphatic carbocycles. The minimum Gasteiger partial charge on any atom is -0.491 e. The number of hydrogen-bond donors (Lipinski definition) is 2. The van der Waals surface area contributed by atoms with Crippen molar-refractivity contribution >= 4 is 12.0 Å². The number of nitrogens with one attached hydrogen (secondary N) is 2. The maximum atomic E-state index is 14.9. The third kappa shape index (κ3) is 10.4. The van der Waals surface area contributed by atoms with Crippen LogP contribution in [0.2, 0.25) is 0 Å². The number of amides is 2. The molecule has 0 fully saturated rings. The number of hydrogen-bond acceptors (Lipinski definition) is 4. The first-order chi connectivity index (χ1) is 21.1. The standard InChI is InChI=1S/C31H30F8N2O4/c1-44-27(42)10-6-3-7-13-45-26-17-21(11-12-25(26)33)29(18-20-8-4-2-5-9-20,41-28(43)40-19-30(34,35)36)22-14-23(31(37,38)39)16-24(32)15-22/h2,4-5,8-9,11-12,14-17H,3,6-7,10,13,18-19H2,1H3,(H2,40,41,43)/t29-/m1/s1. The van der Waals surface area contributed by atoms with Crippen molar-refractivity contribution in [3.63, 3.8) is 0 Å². The van der Waals surface area contributed by atoms with Crippen LogP contribution in [-0.4, -0.2) is 38.4 Å². The number of esters is 1. The van der Waals surface area contributed by atoms with Crippen LogP contribution in [0.5, 0.6) is 5.75 Å². The summed E-state index contributed by atoms with van der Waals surface area (Å²) < 4.78 is 120. The second-order valence-electron chi connectivity index (χ2n) is 10.1. The van der Waals surface area contributed by atoms with Crippen molar-refractivity contribution in [2.24, 2.45) is 0 Å². The molecule has 3 aromatic rings. The van der Waals surface area contributed by atoms with Gasteiger partial charge in [-0.25, -0.2) is 13.6 Å². The molecule has 0 spiro atoms. The molecule has 0 bridgehead atoms. The first-order valence-electron chi connectivity index (χ1n) is 13.7. The number of halogens is 8. The highest BCUT2D eigenvalue weighted by atomic mass is 19.4. The average Bonchev–Trinajstić information content (AvgIpc) is 2.97. The number of carbonyl (C=O) groups is 2. The molecule has 0 aliphatic heterocycles. The van der Waals surface area contributed by atoms with Gasteiger partial charge in [0.05, 0.1) is 24.8 Å². The van der Waals surface area contributed by atoms with E-state index in [0.717, 1.165) is 18.2 Å². The Kier molecular flexibility index (Phi) is 11.8. The number of rotatable bonds is 13. The molecule has 45 heavy (non-hydrogen) atoms. The van der Waals surface area contributed by atoms with Gasteiger partial charge >= 0.3 is 24.4 Å². The van der Waals surface area contributed by atoms with E-state index in [2.05, 4.69) is 10.1 Å². The van der Waals surface area contributed by atoms with Crippen LogP contribution in [0, 0.1) is 11.6 Å². The average molecular weight is 647 g/mol. The normalized spacial score (nSPS) is 13.1. The van der Waals surface area contributed by atoms with E-state index in [-0.39, 0.29) is 36.8 Å². The van der Waals surface area contributed by atoms with Crippen molar-refractivity contribution in [2.75, 3.05) is 20.3 Å². The summed E-state index contributed by atoms with van der Waals surface area (Å²) in [6.45, 7) is -1.81. The van der Waals surface area contributed by atoms with Crippen LogP contribution in [0.4, 0.5) is 39.9 Å². The molecule has 3 aromatic carbocycles. The van der Waals surface area contributed by atoms with Crippen LogP contribution in [0.25, 0.3) is 0 Å². The van der Waals surface area contributed by atoms with Gasteiger partial charge in [0, 0.05) is 12.8 Å². The molecule has 0 unspecified atom stereocenters. The lowest BCUT2D eigenvalue weighted by atomic mass is 9.77. The second-order valence-corrected chi connectivity index (χ2v) is 10.1. The fourth-order valence-corrected chi connectivity index (χ4v) is 4.59. The van der Waals surface area contributed by atoms with Crippen molar-refractivity contribution in [1.82, 2.24) is 10.6 Å². The minimum atomic E-state index is -5.03. The predicted octanol–water partition coefficient (Wildman–Crippen LogP) is 7.44. The maximum Gasteiger partial charge on any atom is 0.416 e. The highest BCUT2D eigenvalue weighted by Gasteiger charge is 2.41. The summed E-state index contributed by atoms with van der Waals surface area (Å²) in [7, 11) is 1.25. The SMILES string of the molecule is COC(=O)CCCCCOc1cc([C@@](Cc2ccccc2)(NC(=O)NCC(F)(F)F)c2cc(F)cc(C(F)(F)F)c2)ccc1F. The lowest BCUT2D eigenvalue weighted by Crippen LogP contribution is -2.53. The van der Waals surface area contributed by atoms with Crippen molar-refractivity contribution in [1.29, 1.82) is 0 Å². The highest BCUT2D eigenvalue weighted by molar-refractivity contribution is 5.76. The predicted molar refractivity (Wildman–Crippen MR) is 147 cm³/mol. The third-order valence-electron chi connectivity index (χ3n) is 6.74. The Bertz CT molecular complexity index is 1450. The zero-order valence-electron chi connectivity index (χ0n) is 24.0. The zero-order chi connectivity index (χ0) is 33.3. The molecular formula is C31H30F8N2O4. The van der Waals surface area contributed by atoms with Crippen LogP contribution < -0.4 is 15.4 Å². The number of urea groups is 1. The third-order valence-corrected chi connectivity index (χ3v) is 6.74. The van der Waals surface area contributed by atoms with Crippen molar-refractivity contribution in [3.05, 3.63) is 101 Å². The molecule has 6 nitrogen and oxygen atoms in total. The zero-order valence-corrected chi connectivity index (χ0v) is 24.0. The lowest BCUT2D eigenvalue weighted by Gasteiger charge is -2.37. The first kappa shape index (κ1) is 35.1. The summed E-state index contributed by atoms with van der Waals surface area (Å²) >= 11 is 0. The summed E-state index contributed by atoms with van der Waals surface area (Å²) in [6.07, 6.45) is -8.71. The number of carbonyl (C=O) groups excluding carboxylic acids is 2. The summed E-state index contributed by atoms with van der Waals surface area (Å²) in [6, 6.07) is 11.1. The molecule has 0 heterocycles. The van der Waals surface area contributed by atoms with E-state index in [1.807, 2.05) is 0 Å². The smallest absolute Gasteiger partial charge is 0.416 e. The largest absolute Gasteiger partial charge is 0.491 e. The summed E-state index contributed by atoms with van der Waals surface area (Å²) in [5, 5.41) is 3.96. The van der Waals surface area contributed by atoms with Crippen molar-refractivity contribution in [2.45, 2.75) is 50.0 Å². The topological polar surface area (TPSA) is 76.7 Å². The number of methoxy groups -OCH3 is 1. The van der Waals surface area contributed by atoms with Gasteiger partial charge in [0.15, 0.2) is 11.6 Å². The molecule has 244 valence electrons. The molecule has 14 heteroatoms. The van der Waals surface area contributed by atoms with Gasteiger partial charge in [0.2, 0.25) is 0 Å². The Hall–Kier alpha value is -4.36. The second kappa shape index (κ2) is 15.1. The molecule has 0 saturated heterocycles. The van der Waals surface area contributed by atoms with E-state index in [9.17, 15) is 44.7 Å². The molecule has 0 aromatic heterocycles. The Morgan fingerprint density at radius 3 is 2.13 bits per heavy atom. The van der Waals surface area contributed by atoms with Crippen LogP contribution in [-0.2, 0) is 27.7 Å². The molecule has 1 atom stereocenters. The number of unbranched alkanes of at least 4 members (excludes halogenated alkanes) is 2. The van der Waals surface area contributed by atoms with Gasteiger partial charge in [0.25, 0.3) is 0 Å². The van der Waals surface area contributed by atoms with Gasteiger partial charge in [-0.2, -0.15) is 26.3 Å². The molecular weight excluding hydrogens is 616 g/mol. The fourth-order valence-electron chi connectivity index (χ4n) is 4.59. The van der Waals surface area contributed by atoms with Gasteiger partial charge in [-0.15, -0.1) is 0 Å². The highest BCUT2D eigenvalue weighted by Crippen LogP contribution is 2.39. The van der Waals surface area contributed by atoms with E-state index in [0.29, 0.717) is 37.0 Å². The lowest BCUT2D eigenvalue weighted by molar-refractivity contribution is -0.141. The van der Waals surface area contributed by atoms with E-state index in [1.54, 1.807) is 35.6 Å². The molecule has 2 N–H and O–H groups in total. The monoisotopic (exact) mass is 646 g/mol. The van der Waals surface area contributed by atoms with E-state index >= 15 is 0 Å². The van der Waals surface area contributed by atoms with Gasteiger partial charge in [-0.3, -0.25) is 4.79 Å². The van der Waals surface area contributed by atoms with Gasteiger partial charge in [0.1, 0.15) is 12.4 Å². The van der Waals surface area contributed by atoms with Crippen molar-refractivity contribution in [3.8, 4) is 5.75 Å². The van der Waals surface area contributed by atoms with Gasteiger partial charge in [-0.1, -0.05) is 36.4 Å². The minimum absolute atomic E-state index is 0.0368. The van der Waals surface area contributed by atoms with Gasteiger partial charge in [-0.05, 0) is 66.3 Å². The summed E-state index contributed by atoms with van der Waals surface area (Å²) in [5.74, 6) is -2.98. The molecule has 0 aliphatic rings. The van der Waals surface area contributed by atoms with Crippen molar-refractivity contribution < 1.29 is 54.2 Å². The fraction of sp³-hybridized carbons (Fsp3) is 0.355. The van der Waals surface area contributed by atoms with Crippen LogP contribution in [0.15, 0.2) is 66.7 Å². The molecule has 3 rings (SSSR count). The molecule has 2 amide bonds. The number of ether oxygens (including phenoxy) is 2. The number of alkyl halides is 6. The van der Waals surface area contributed by atoms with E-state index in [1.165, 1.54) is 7.11 Å². The van der Waals surface area contributed by atoms with Crippen LogP contribution >= 0.6 is 0 Å².